The van der Waals surface area contributed by atoms with E-state index < -0.39 is 0 Å². The molecule has 3 aromatic heterocycles. The van der Waals surface area contributed by atoms with Gasteiger partial charge in [0.2, 0.25) is 0 Å². The van der Waals surface area contributed by atoms with E-state index in [0.29, 0.717) is 17.5 Å². The highest BCUT2D eigenvalue weighted by atomic mass is 32.1. The summed E-state index contributed by atoms with van der Waals surface area (Å²) in [6.45, 7) is 0. The fourth-order valence-electron chi connectivity index (χ4n) is 7.86. The van der Waals surface area contributed by atoms with E-state index in [0.717, 1.165) is 60.9 Å². The Kier molecular flexibility index (Phi) is 7.64. The van der Waals surface area contributed by atoms with E-state index in [9.17, 15) is 0 Å². The van der Waals surface area contributed by atoms with Crippen LogP contribution in [-0.4, -0.2) is 15.0 Å². The Morgan fingerprint density at radius 2 is 0.821 bits per heavy atom. The zero-order chi connectivity index (χ0) is 37.0. The summed E-state index contributed by atoms with van der Waals surface area (Å²) < 4.78 is 9.15. The van der Waals surface area contributed by atoms with E-state index in [1.165, 1.54) is 31.3 Å². The lowest BCUT2D eigenvalue weighted by molar-refractivity contribution is 0.669. The summed E-state index contributed by atoms with van der Waals surface area (Å²) in [6.07, 6.45) is 0. The zero-order valence-corrected chi connectivity index (χ0v) is 30.9. The van der Waals surface area contributed by atoms with Crippen molar-refractivity contribution in [3.63, 3.8) is 0 Å². The van der Waals surface area contributed by atoms with Crippen LogP contribution in [0.25, 0.3) is 110 Å². The summed E-state index contributed by atoms with van der Waals surface area (Å²) in [6, 6.07) is 65.7. The molecular formula is C51H31N3OS. The molecule has 5 heteroatoms. The first-order valence-corrected chi connectivity index (χ1v) is 19.5. The summed E-state index contributed by atoms with van der Waals surface area (Å²) in [5, 5.41) is 4.69. The molecule has 4 nitrogen and oxygen atoms in total. The first-order chi connectivity index (χ1) is 27.7. The van der Waals surface area contributed by atoms with Crippen LogP contribution >= 0.6 is 11.3 Å². The number of hydrogen-bond acceptors (Lipinski definition) is 5. The maximum atomic E-state index is 6.64. The Balaban J connectivity index is 1.16. The molecule has 0 N–H and O–H groups in total. The largest absolute Gasteiger partial charge is 0.456 e. The molecule has 0 atom stereocenters. The van der Waals surface area contributed by atoms with E-state index in [2.05, 4.69) is 140 Å². The Labute approximate surface area is 327 Å². The SMILES string of the molecule is c1ccc(-c2ccc(-c3nc(-c4ccccc4)nc(-c4cc(-c5cc(-c6ccccc6)c6c(c5)sc5ccccc56)c5c(c4)oc4ccccc45)n3)cc2)cc1. The van der Waals surface area contributed by atoms with Gasteiger partial charge >= 0.3 is 0 Å². The highest BCUT2D eigenvalue weighted by molar-refractivity contribution is 7.26. The number of para-hydroxylation sites is 1. The number of furan rings is 1. The molecular weight excluding hydrogens is 703 g/mol. The van der Waals surface area contributed by atoms with Gasteiger partial charge in [-0.2, -0.15) is 0 Å². The lowest BCUT2D eigenvalue weighted by Gasteiger charge is -2.13. The van der Waals surface area contributed by atoms with Crippen LogP contribution in [-0.2, 0) is 0 Å². The van der Waals surface area contributed by atoms with Gasteiger partial charge in [-0.05, 0) is 69.8 Å². The monoisotopic (exact) mass is 733 g/mol. The third-order valence-corrected chi connectivity index (χ3v) is 11.6. The highest BCUT2D eigenvalue weighted by Crippen LogP contribution is 2.46. The van der Waals surface area contributed by atoms with Crippen molar-refractivity contribution in [2.24, 2.45) is 0 Å². The molecule has 0 spiro atoms. The third-order valence-electron chi connectivity index (χ3n) is 10.5. The predicted molar refractivity (Wildman–Crippen MR) is 233 cm³/mol. The van der Waals surface area contributed by atoms with Gasteiger partial charge in [-0.15, -0.1) is 11.3 Å². The quantitative estimate of drug-likeness (QED) is 0.171. The first kappa shape index (κ1) is 32.2. The van der Waals surface area contributed by atoms with E-state index in [1.54, 1.807) is 0 Å². The summed E-state index contributed by atoms with van der Waals surface area (Å²) >= 11 is 1.83. The summed E-state index contributed by atoms with van der Waals surface area (Å²) in [5.74, 6) is 1.80. The second-order valence-corrected chi connectivity index (χ2v) is 15.1. The summed E-state index contributed by atoms with van der Waals surface area (Å²) in [7, 11) is 0. The van der Waals surface area contributed by atoms with Crippen LogP contribution < -0.4 is 0 Å². The highest BCUT2D eigenvalue weighted by Gasteiger charge is 2.21. The van der Waals surface area contributed by atoms with E-state index in [4.69, 9.17) is 19.4 Å². The third kappa shape index (κ3) is 5.56. The maximum absolute atomic E-state index is 6.64. The van der Waals surface area contributed by atoms with Crippen LogP contribution in [0.1, 0.15) is 0 Å². The van der Waals surface area contributed by atoms with Crippen molar-refractivity contribution in [1.82, 2.24) is 15.0 Å². The van der Waals surface area contributed by atoms with Crippen molar-refractivity contribution < 1.29 is 4.42 Å². The second kappa shape index (κ2) is 13.3. The molecule has 0 radical (unpaired) electrons. The van der Waals surface area contributed by atoms with Crippen LogP contribution in [0.2, 0.25) is 0 Å². The molecule has 0 saturated carbocycles. The Hall–Kier alpha value is -7.21. The molecule has 11 aromatic rings. The average Bonchev–Trinajstić information content (AvgIpc) is 3.85. The minimum absolute atomic E-state index is 0.579. The number of nitrogens with zero attached hydrogens (tertiary/aromatic N) is 3. The lowest BCUT2D eigenvalue weighted by atomic mass is 9.92. The number of fused-ring (bicyclic) bond motifs is 6. The Bertz CT molecular complexity index is 3230. The standard InChI is InChI=1S/C51H31N3OS/c1-4-14-32(15-5-1)33-24-26-36(27-25-33)50-52-49(35-18-8-3-9-19-35)53-51(54-50)38-29-42(47-39-20-10-12-22-43(39)55-44(47)30-38)37-28-41(34-16-6-2-7-17-34)48-40-21-11-13-23-45(40)56-46(48)31-37/h1-31H. The van der Waals surface area contributed by atoms with Crippen molar-refractivity contribution in [3.8, 4) is 67.5 Å². The van der Waals surface area contributed by atoms with Gasteiger partial charge in [-0.25, -0.2) is 15.0 Å². The molecule has 8 aromatic carbocycles. The maximum Gasteiger partial charge on any atom is 0.164 e. The second-order valence-electron chi connectivity index (χ2n) is 14.0. The van der Waals surface area contributed by atoms with Crippen LogP contribution in [0, 0.1) is 0 Å². The van der Waals surface area contributed by atoms with Gasteiger partial charge in [0.1, 0.15) is 11.2 Å². The first-order valence-electron chi connectivity index (χ1n) is 18.7. The van der Waals surface area contributed by atoms with Crippen LogP contribution in [0.3, 0.4) is 0 Å². The van der Waals surface area contributed by atoms with Crippen LogP contribution in [0.15, 0.2) is 192 Å². The van der Waals surface area contributed by atoms with Crippen molar-refractivity contribution in [2.75, 3.05) is 0 Å². The molecule has 0 unspecified atom stereocenters. The van der Waals surface area contributed by atoms with Crippen molar-refractivity contribution in [1.29, 1.82) is 0 Å². The molecule has 0 aliphatic heterocycles. The average molecular weight is 734 g/mol. The number of thiophene rings is 1. The molecule has 3 heterocycles. The van der Waals surface area contributed by atoms with E-state index in [1.807, 2.05) is 59.9 Å². The summed E-state index contributed by atoms with van der Waals surface area (Å²) in [5.41, 5.74) is 11.2. The molecule has 262 valence electrons. The smallest absolute Gasteiger partial charge is 0.164 e. The molecule has 0 amide bonds. The lowest BCUT2D eigenvalue weighted by Crippen LogP contribution is -2.00. The van der Waals surface area contributed by atoms with Crippen LogP contribution in [0.5, 0.6) is 0 Å². The van der Waals surface area contributed by atoms with Crippen LogP contribution in [0.4, 0.5) is 0 Å². The van der Waals surface area contributed by atoms with Gasteiger partial charge in [0.05, 0.1) is 0 Å². The molecule has 0 fully saturated rings. The van der Waals surface area contributed by atoms with Gasteiger partial charge in [0, 0.05) is 47.6 Å². The zero-order valence-electron chi connectivity index (χ0n) is 30.1. The van der Waals surface area contributed by atoms with Crippen molar-refractivity contribution in [3.05, 3.63) is 188 Å². The number of benzene rings is 8. The molecule has 0 bridgehead atoms. The van der Waals surface area contributed by atoms with Gasteiger partial charge < -0.3 is 4.42 Å². The fraction of sp³-hybridized carbons (Fsp3) is 0. The minimum atomic E-state index is 0.579. The number of rotatable bonds is 6. The number of hydrogen-bond donors (Lipinski definition) is 0. The predicted octanol–water partition coefficient (Wildman–Crippen LogP) is 14.1. The van der Waals surface area contributed by atoms with Crippen molar-refractivity contribution >= 4 is 53.4 Å². The molecule has 0 aliphatic rings. The molecule has 0 aliphatic carbocycles. The normalized spacial score (nSPS) is 11.6. The van der Waals surface area contributed by atoms with Gasteiger partial charge in [-0.1, -0.05) is 152 Å². The molecule has 11 rings (SSSR count). The van der Waals surface area contributed by atoms with E-state index in [-0.39, 0.29) is 0 Å². The van der Waals surface area contributed by atoms with Gasteiger partial charge in [0.15, 0.2) is 17.5 Å². The summed E-state index contributed by atoms with van der Waals surface area (Å²) in [4.78, 5) is 15.4. The Morgan fingerprint density at radius 3 is 1.54 bits per heavy atom. The molecule has 0 saturated heterocycles. The minimum Gasteiger partial charge on any atom is -0.456 e. The molecule has 56 heavy (non-hydrogen) atoms. The van der Waals surface area contributed by atoms with Gasteiger partial charge in [-0.3, -0.25) is 0 Å². The topological polar surface area (TPSA) is 51.8 Å². The fourth-order valence-corrected chi connectivity index (χ4v) is 9.03. The Morgan fingerprint density at radius 1 is 0.321 bits per heavy atom. The van der Waals surface area contributed by atoms with E-state index >= 15 is 0 Å². The van der Waals surface area contributed by atoms with Gasteiger partial charge in [0.25, 0.3) is 0 Å². The number of aromatic nitrogens is 3. The van der Waals surface area contributed by atoms with Crippen molar-refractivity contribution in [2.45, 2.75) is 0 Å².